The summed E-state index contributed by atoms with van der Waals surface area (Å²) in [4.78, 5) is 40.1. The van der Waals surface area contributed by atoms with Crippen molar-refractivity contribution in [2.75, 3.05) is 18.4 Å². The van der Waals surface area contributed by atoms with Crippen LogP contribution in [0.2, 0.25) is 0 Å². The quantitative estimate of drug-likeness (QED) is 0.318. The minimum absolute atomic E-state index is 0.138. The average Bonchev–Trinajstić information content (AvgIpc) is 3.55. The van der Waals surface area contributed by atoms with Crippen molar-refractivity contribution in [1.82, 2.24) is 14.7 Å². The lowest BCUT2D eigenvalue weighted by Gasteiger charge is -2.24. The molecule has 1 amide bonds. The van der Waals surface area contributed by atoms with E-state index in [1.54, 1.807) is 42.5 Å². The molecule has 210 valence electrons. The van der Waals surface area contributed by atoms with E-state index in [1.165, 1.54) is 22.1 Å². The van der Waals surface area contributed by atoms with Crippen LogP contribution in [0.3, 0.4) is 0 Å². The second kappa shape index (κ2) is 10.9. The van der Waals surface area contributed by atoms with Crippen LogP contribution >= 0.6 is 0 Å². The number of rotatable bonds is 7. The van der Waals surface area contributed by atoms with Gasteiger partial charge in [0.15, 0.2) is 11.6 Å². The molecule has 0 spiro atoms. The van der Waals surface area contributed by atoms with Crippen molar-refractivity contribution in [3.05, 3.63) is 83.3 Å². The van der Waals surface area contributed by atoms with Gasteiger partial charge in [0.1, 0.15) is 24.2 Å². The lowest BCUT2D eigenvalue weighted by atomic mass is 9.94. The number of Topliss-reactive ketones (excluding diaryl/α,β-unsaturated/α-hetero) is 2. The van der Waals surface area contributed by atoms with Crippen LogP contribution in [0.25, 0.3) is 22.0 Å². The smallest absolute Gasteiger partial charge is 0.245 e. The number of carbonyl (C=O) groups excluding carboxylic acids is 3. The van der Waals surface area contributed by atoms with Crippen molar-refractivity contribution in [2.45, 2.75) is 51.4 Å². The van der Waals surface area contributed by atoms with Gasteiger partial charge in [0, 0.05) is 42.9 Å². The molecule has 1 saturated heterocycles. The number of aromatic nitrogens is 2. The van der Waals surface area contributed by atoms with E-state index in [4.69, 9.17) is 0 Å². The normalized spacial score (nSPS) is 18.3. The van der Waals surface area contributed by atoms with Crippen molar-refractivity contribution in [1.29, 1.82) is 0 Å². The van der Waals surface area contributed by atoms with Crippen molar-refractivity contribution in [3.63, 3.8) is 0 Å². The number of halogens is 2. The van der Waals surface area contributed by atoms with Gasteiger partial charge in [-0.15, -0.1) is 0 Å². The third kappa shape index (κ3) is 5.12. The van der Waals surface area contributed by atoms with Crippen molar-refractivity contribution in [3.8, 4) is 11.1 Å². The lowest BCUT2D eigenvalue weighted by molar-refractivity contribution is -0.138. The lowest BCUT2D eigenvalue weighted by Crippen LogP contribution is -2.43. The molecule has 3 aromatic carbocycles. The Labute approximate surface area is 236 Å². The van der Waals surface area contributed by atoms with E-state index in [0.29, 0.717) is 22.0 Å². The van der Waals surface area contributed by atoms with Gasteiger partial charge in [0.2, 0.25) is 5.91 Å². The number of nitrogens with one attached hydrogen (secondary N) is 1. The third-order valence-electron chi connectivity index (χ3n) is 8.02. The molecule has 4 aromatic rings. The number of amides is 1. The topological polar surface area (TPSA) is 84.3 Å². The van der Waals surface area contributed by atoms with E-state index in [9.17, 15) is 18.8 Å². The maximum atomic E-state index is 15.7. The second-order valence-corrected chi connectivity index (χ2v) is 10.8. The first-order valence-corrected chi connectivity index (χ1v) is 13.9. The molecule has 0 saturated carbocycles. The first-order valence-electron chi connectivity index (χ1n) is 13.9. The fourth-order valence-electron chi connectivity index (χ4n) is 5.97. The molecule has 0 bridgehead atoms. The summed E-state index contributed by atoms with van der Waals surface area (Å²) in [5, 5.41) is 8.30. The van der Waals surface area contributed by atoms with Gasteiger partial charge in [-0.25, -0.2) is 8.78 Å². The molecule has 2 aliphatic heterocycles. The summed E-state index contributed by atoms with van der Waals surface area (Å²) in [7, 11) is 0. The highest BCUT2D eigenvalue weighted by Crippen LogP contribution is 2.32. The number of hydrogen-bond acceptors (Lipinski definition) is 5. The van der Waals surface area contributed by atoms with Gasteiger partial charge >= 0.3 is 0 Å². The summed E-state index contributed by atoms with van der Waals surface area (Å²) in [6, 6.07) is 16.8. The van der Waals surface area contributed by atoms with Crippen LogP contribution in [-0.2, 0) is 29.0 Å². The largest absolute Gasteiger partial charge is 0.385 e. The van der Waals surface area contributed by atoms with E-state index in [-0.39, 0.29) is 43.0 Å². The number of carbonyl (C=O) groups is 3. The number of nitrogens with zero attached hydrogens (tertiary/aromatic N) is 3. The van der Waals surface area contributed by atoms with Crippen LogP contribution in [0.15, 0.2) is 60.7 Å². The number of hydrogen-bond donors (Lipinski definition) is 1. The second-order valence-electron chi connectivity index (χ2n) is 10.8. The van der Waals surface area contributed by atoms with Gasteiger partial charge in [-0.05, 0) is 41.7 Å². The SMILES string of the molecule is CC(=O)c1nn(CC(=O)N2C[C@H](F)C[C@H]2C(=O)Cc2cccc(-c3ccc4c(c3)NCCC4)c2F)c2ccccc12. The Hall–Kier alpha value is -4.40. The number of fused-ring (bicyclic) bond motifs is 2. The molecular formula is C32H30F2N4O3. The zero-order valence-corrected chi connectivity index (χ0v) is 22.7. The molecule has 2 atom stereocenters. The summed E-state index contributed by atoms with van der Waals surface area (Å²) in [5.41, 5.74) is 4.33. The summed E-state index contributed by atoms with van der Waals surface area (Å²) in [6.45, 7) is 1.80. The first-order chi connectivity index (χ1) is 19.8. The average molecular weight is 557 g/mol. The van der Waals surface area contributed by atoms with E-state index < -0.39 is 29.7 Å². The van der Waals surface area contributed by atoms with Gasteiger partial charge < -0.3 is 10.2 Å². The van der Waals surface area contributed by atoms with Gasteiger partial charge in [-0.1, -0.05) is 48.5 Å². The number of para-hydroxylation sites is 1. The maximum Gasteiger partial charge on any atom is 0.245 e. The number of benzene rings is 3. The van der Waals surface area contributed by atoms with E-state index in [0.717, 1.165) is 25.1 Å². The molecule has 6 rings (SSSR count). The van der Waals surface area contributed by atoms with Crippen LogP contribution < -0.4 is 5.32 Å². The van der Waals surface area contributed by atoms with Gasteiger partial charge in [0.05, 0.1) is 18.1 Å². The van der Waals surface area contributed by atoms with Crippen LogP contribution in [-0.4, -0.2) is 57.5 Å². The zero-order chi connectivity index (χ0) is 28.7. The van der Waals surface area contributed by atoms with Crippen LogP contribution in [0.5, 0.6) is 0 Å². The number of aryl methyl sites for hydroxylation is 1. The number of ketones is 2. The Bertz CT molecular complexity index is 1680. The minimum Gasteiger partial charge on any atom is -0.385 e. The highest BCUT2D eigenvalue weighted by Gasteiger charge is 2.40. The highest BCUT2D eigenvalue weighted by molar-refractivity contribution is 6.05. The Balaban J connectivity index is 1.22. The molecule has 9 heteroatoms. The molecule has 2 aliphatic rings. The zero-order valence-electron chi connectivity index (χ0n) is 22.7. The molecule has 0 aliphatic carbocycles. The Morgan fingerprint density at radius 1 is 1.07 bits per heavy atom. The molecule has 1 fully saturated rings. The molecule has 0 radical (unpaired) electrons. The van der Waals surface area contributed by atoms with Crippen LogP contribution in [0.4, 0.5) is 14.5 Å². The summed E-state index contributed by atoms with van der Waals surface area (Å²) in [5.74, 6) is -1.63. The van der Waals surface area contributed by atoms with Crippen LogP contribution in [0, 0.1) is 5.82 Å². The Kier molecular flexibility index (Phi) is 7.11. The van der Waals surface area contributed by atoms with E-state index in [2.05, 4.69) is 10.4 Å². The Morgan fingerprint density at radius 2 is 1.90 bits per heavy atom. The molecule has 0 unspecified atom stereocenters. The van der Waals surface area contributed by atoms with Gasteiger partial charge in [0.25, 0.3) is 0 Å². The minimum atomic E-state index is -1.37. The van der Waals surface area contributed by atoms with Crippen molar-refractivity contribution < 1.29 is 23.2 Å². The molecular weight excluding hydrogens is 526 g/mol. The highest BCUT2D eigenvalue weighted by atomic mass is 19.1. The molecule has 1 N–H and O–H groups in total. The fraction of sp³-hybridized carbons (Fsp3) is 0.312. The Morgan fingerprint density at radius 3 is 2.73 bits per heavy atom. The molecule has 3 heterocycles. The molecule has 1 aromatic heterocycles. The first kappa shape index (κ1) is 26.8. The number of alkyl halides is 1. The predicted molar refractivity (Wildman–Crippen MR) is 152 cm³/mol. The predicted octanol–water partition coefficient (Wildman–Crippen LogP) is 5.15. The molecule has 41 heavy (non-hydrogen) atoms. The standard InChI is InChI=1S/C32H30F2N4O3/c1-19(39)32-25-8-2-3-10-27(25)38(36-32)18-30(41)37-17-23(33)16-28(37)29(40)15-22-6-4-9-24(31(22)34)21-12-11-20-7-5-13-35-26(20)14-21/h2-4,6,8-12,14,23,28,35H,5,7,13,15-18H2,1H3/t23-,28+/m1/s1. The number of anilines is 1. The molecule has 7 nitrogen and oxygen atoms in total. The summed E-state index contributed by atoms with van der Waals surface area (Å²) in [6.07, 6.45) is 0.260. The van der Waals surface area contributed by atoms with Gasteiger partial charge in [-0.2, -0.15) is 5.10 Å². The van der Waals surface area contributed by atoms with E-state index >= 15 is 4.39 Å². The summed E-state index contributed by atoms with van der Waals surface area (Å²) >= 11 is 0. The summed E-state index contributed by atoms with van der Waals surface area (Å²) < 4.78 is 31.7. The van der Waals surface area contributed by atoms with Gasteiger partial charge in [-0.3, -0.25) is 19.1 Å². The van der Waals surface area contributed by atoms with E-state index in [1.807, 2.05) is 18.2 Å². The van der Waals surface area contributed by atoms with Crippen molar-refractivity contribution in [2.24, 2.45) is 0 Å². The van der Waals surface area contributed by atoms with Crippen molar-refractivity contribution >= 4 is 34.1 Å². The monoisotopic (exact) mass is 556 g/mol. The number of likely N-dealkylation sites (tertiary alicyclic amines) is 1. The third-order valence-corrected chi connectivity index (χ3v) is 8.02. The maximum absolute atomic E-state index is 15.7. The van der Waals surface area contributed by atoms with Crippen LogP contribution in [0.1, 0.15) is 41.4 Å². The fourth-order valence-corrected chi connectivity index (χ4v) is 5.97.